The molecule has 5 heteroatoms. The Labute approximate surface area is 119 Å². The maximum Gasteiger partial charge on any atom is 0.136 e. The first-order valence-corrected chi connectivity index (χ1v) is 6.46. The lowest BCUT2D eigenvalue weighted by Gasteiger charge is -2.22. The van der Waals surface area contributed by atoms with Crippen molar-refractivity contribution in [3.8, 4) is 0 Å². The van der Waals surface area contributed by atoms with Crippen molar-refractivity contribution < 1.29 is 0 Å². The van der Waals surface area contributed by atoms with Gasteiger partial charge in [0, 0.05) is 20.6 Å². The van der Waals surface area contributed by atoms with Crippen LogP contribution in [0.5, 0.6) is 0 Å². The van der Waals surface area contributed by atoms with Gasteiger partial charge in [-0.15, -0.1) is 6.58 Å². The van der Waals surface area contributed by atoms with Gasteiger partial charge in [0.1, 0.15) is 23.3 Å². The molecule has 0 unspecified atom stereocenters. The lowest BCUT2D eigenvalue weighted by molar-refractivity contribution is 1.01. The summed E-state index contributed by atoms with van der Waals surface area (Å²) in [7, 11) is 3.70. The molecule has 104 valence electrons. The van der Waals surface area contributed by atoms with Gasteiger partial charge in [0.2, 0.25) is 0 Å². The van der Waals surface area contributed by atoms with Crippen molar-refractivity contribution in [2.75, 3.05) is 36.2 Å². The highest BCUT2D eigenvalue weighted by Gasteiger charge is 2.11. The van der Waals surface area contributed by atoms with E-state index in [1.807, 2.05) is 61.5 Å². The predicted molar refractivity (Wildman–Crippen MR) is 84.8 cm³/mol. The van der Waals surface area contributed by atoms with Gasteiger partial charge in [0.05, 0.1) is 0 Å². The molecule has 0 radical (unpaired) electrons. The predicted octanol–water partition coefficient (Wildman–Crippen LogP) is 2.88. The average Bonchev–Trinajstić information content (AvgIpc) is 2.52. The summed E-state index contributed by atoms with van der Waals surface area (Å²) in [5, 5.41) is 6.08. The monoisotopic (exact) mass is 269 g/mol. The van der Waals surface area contributed by atoms with Gasteiger partial charge < -0.3 is 15.5 Å². The van der Waals surface area contributed by atoms with Crippen molar-refractivity contribution in [1.29, 1.82) is 0 Å². The number of hydrogen-bond acceptors (Lipinski definition) is 5. The molecule has 2 N–H and O–H groups in total. The van der Waals surface area contributed by atoms with E-state index in [9.17, 15) is 0 Å². The maximum absolute atomic E-state index is 4.55. The second-order valence-corrected chi connectivity index (χ2v) is 4.16. The van der Waals surface area contributed by atoms with Gasteiger partial charge in [0.25, 0.3) is 0 Å². The zero-order valence-electron chi connectivity index (χ0n) is 11.8. The molecule has 0 aromatic carbocycles. The lowest BCUT2D eigenvalue weighted by Crippen LogP contribution is -2.19. The van der Waals surface area contributed by atoms with Crippen molar-refractivity contribution in [3.63, 3.8) is 0 Å². The summed E-state index contributed by atoms with van der Waals surface area (Å²) in [4.78, 5) is 11.1. The summed E-state index contributed by atoms with van der Waals surface area (Å²) in [5.74, 6) is 3.30. The van der Waals surface area contributed by atoms with Gasteiger partial charge in [-0.2, -0.15) is 0 Å². The molecule has 2 heterocycles. The molecule has 2 aromatic rings. The number of rotatable bonds is 6. The molecule has 0 amide bonds. The molecule has 0 spiro atoms. The van der Waals surface area contributed by atoms with Gasteiger partial charge in [-0.1, -0.05) is 18.2 Å². The Bertz CT molecular complexity index is 534. The molecule has 0 bridgehead atoms. The van der Waals surface area contributed by atoms with Crippen molar-refractivity contribution in [3.05, 3.63) is 49.1 Å². The Balaban J connectivity index is 2.41. The normalized spacial score (nSPS) is 9.90. The van der Waals surface area contributed by atoms with E-state index in [2.05, 4.69) is 27.2 Å². The summed E-state index contributed by atoms with van der Waals surface area (Å²) < 4.78 is 0. The highest BCUT2D eigenvalue weighted by molar-refractivity contribution is 5.60. The number of nitrogens with zero attached hydrogens (tertiary/aromatic N) is 3. The van der Waals surface area contributed by atoms with E-state index in [1.54, 1.807) is 0 Å². The average molecular weight is 269 g/mol. The first-order valence-electron chi connectivity index (χ1n) is 6.46. The molecule has 0 atom stereocenters. The highest BCUT2D eigenvalue weighted by atomic mass is 15.2. The van der Waals surface area contributed by atoms with Crippen LogP contribution in [0.15, 0.2) is 49.1 Å². The summed E-state index contributed by atoms with van der Waals surface area (Å²) in [6.45, 7) is 4.45. The first-order chi connectivity index (χ1) is 9.78. The number of aromatic nitrogens is 2. The Kier molecular flexibility index (Phi) is 4.55. The number of anilines is 4. The topological polar surface area (TPSA) is 53.1 Å². The van der Waals surface area contributed by atoms with Crippen LogP contribution in [0.2, 0.25) is 0 Å². The van der Waals surface area contributed by atoms with Crippen LogP contribution in [0.4, 0.5) is 23.3 Å². The van der Waals surface area contributed by atoms with E-state index in [0.717, 1.165) is 23.3 Å². The Morgan fingerprint density at radius 2 is 1.50 bits per heavy atom. The zero-order chi connectivity index (χ0) is 14.4. The third kappa shape index (κ3) is 3.06. The largest absolute Gasteiger partial charge is 0.373 e. The van der Waals surface area contributed by atoms with Gasteiger partial charge in [0.15, 0.2) is 0 Å². The van der Waals surface area contributed by atoms with Gasteiger partial charge >= 0.3 is 0 Å². The van der Waals surface area contributed by atoms with E-state index < -0.39 is 0 Å². The van der Waals surface area contributed by atoms with Crippen molar-refractivity contribution in [2.24, 2.45) is 0 Å². The fourth-order valence-electron chi connectivity index (χ4n) is 1.86. The number of hydrogen-bond donors (Lipinski definition) is 2. The van der Waals surface area contributed by atoms with E-state index >= 15 is 0 Å². The SMILES string of the molecule is C=CCN(c1cccc(NC)n1)c1cccc(NC)n1. The smallest absolute Gasteiger partial charge is 0.136 e. The van der Waals surface area contributed by atoms with E-state index in [4.69, 9.17) is 0 Å². The van der Waals surface area contributed by atoms with Gasteiger partial charge in [-0.25, -0.2) is 9.97 Å². The second kappa shape index (κ2) is 6.56. The summed E-state index contributed by atoms with van der Waals surface area (Å²) >= 11 is 0. The third-order valence-electron chi connectivity index (χ3n) is 2.85. The number of pyridine rings is 2. The highest BCUT2D eigenvalue weighted by Crippen LogP contribution is 2.23. The molecule has 0 aliphatic carbocycles. The van der Waals surface area contributed by atoms with Crippen LogP contribution in [-0.4, -0.2) is 30.6 Å². The van der Waals surface area contributed by atoms with Crippen LogP contribution in [0.3, 0.4) is 0 Å². The molecule has 0 aliphatic rings. The van der Waals surface area contributed by atoms with Crippen molar-refractivity contribution in [1.82, 2.24) is 9.97 Å². The fourth-order valence-corrected chi connectivity index (χ4v) is 1.86. The standard InChI is InChI=1S/C15H19N5/c1-4-11-20(14-9-5-7-12(16-2)18-14)15-10-6-8-13(17-3)19-15/h4-10H,1,11H2,2-3H3,(H,16,18)(H,17,19). The van der Waals surface area contributed by atoms with Crippen LogP contribution in [0.25, 0.3) is 0 Å². The van der Waals surface area contributed by atoms with Crippen molar-refractivity contribution >= 4 is 23.3 Å². The number of nitrogens with one attached hydrogen (secondary N) is 2. The zero-order valence-corrected chi connectivity index (χ0v) is 11.8. The summed E-state index contributed by atoms with van der Waals surface area (Å²) in [6, 6.07) is 11.7. The summed E-state index contributed by atoms with van der Waals surface area (Å²) in [6.07, 6.45) is 1.83. The molecule has 2 aromatic heterocycles. The van der Waals surface area contributed by atoms with E-state index in [1.165, 1.54) is 0 Å². The van der Waals surface area contributed by atoms with Crippen LogP contribution in [0, 0.1) is 0 Å². The van der Waals surface area contributed by atoms with E-state index in [0.29, 0.717) is 6.54 Å². The molecular formula is C15H19N5. The molecule has 20 heavy (non-hydrogen) atoms. The lowest BCUT2D eigenvalue weighted by atomic mass is 10.3. The third-order valence-corrected chi connectivity index (χ3v) is 2.85. The molecular weight excluding hydrogens is 250 g/mol. The van der Waals surface area contributed by atoms with Gasteiger partial charge in [-0.05, 0) is 24.3 Å². The molecule has 0 saturated heterocycles. The molecule has 0 saturated carbocycles. The molecule has 0 aliphatic heterocycles. The minimum absolute atomic E-state index is 0.639. The minimum Gasteiger partial charge on any atom is -0.373 e. The Morgan fingerprint density at radius 3 is 1.90 bits per heavy atom. The first kappa shape index (κ1) is 13.9. The van der Waals surface area contributed by atoms with Crippen molar-refractivity contribution in [2.45, 2.75) is 0 Å². The van der Waals surface area contributed by atoms with Crippen LogP contribution < -0.4 is 15.5 Å². The minimum atomic E-state index is 0.639. The van der Waals surface area contributed by atoms with Gasteiger partial charge in [-0.3, -0.25) is 0 Å². The fraction of sp³-hybridized carbons (Fsp3) is 0.200. The molecule has 0 fully saturated rings. The maximum atomic E-state index is 4.55. The Morgan fingerprint density at radius 1 is 1.00 bits per heavy atom. The summed E-state index contributed by atoms with van der Waals surface area (Å²) in [5.41, 5.74) is 0. The quantitative estimate of drug-likeness (QED) is 0.790. The molecule has 2 rings (SSSR count). The van der Waals surface area contributed by atoms with Crippen LogP contribution in [0.1, 0.15) is 0 Å². The van der Waals surface area contributed by atoms with Crippen LogP contribution in [-0.2, 0) is 0 Å². The molecule has 5 nitrogen and oxygen atoms in total. The van der Waals surface area contributed by atoms with Crippen LogP contribution >= 0.6 is 0 Å². The van der Waals surface area contributed by atoms with E-state index in [-0.39, 0.29) is 0 Å². The second-order valence-electron chi connectivity index (χ2n) is 4.16. The Hall–Kier alpha value is -2.56.